The molecule has 0 aliphatic heterocycles. The third-order valence-corrected chi connectivity index (χ3v) is 5.57. The van der Waals surface area contributed by atoms with Gasteiger partial charge in [-0.25, -0.2) is 0 Å². The SMILES string of the molecule is CCC(C)C(=O)CC1CCC(NC(=O)c2cc(C3CC3)on2)CC1. The maximum absolute atomic E-state index is 12.3. The predicted octanol–water partition coefficient (Wildman–Crippen LogP) is 3.85. The molecule has 2 saturated carbocycles. The number of rotatable bonds is 7. The van der Waals surface area contributed by atoms with Crippen LogP contribution in [0.1, 0.15) is 87.4 Å². The second-order valence-corrected chi connectivity index (χ2v) is 7.56. The van der Waals surface area contributed by atoms with Gasteiger partial charge in [-0.05, 0) is 50.9 Å². The van der Waals surface area contributed by atoms with E-state index in [1.165, 1.54) is 0 Å². The van der Waals surface area contributed by atoms with Crippen molar-refractivity contribution in [2.24, 2.45) is 11.8 Å². The Balaban J connectivity index is 1.43. The molecule has 1 amide bonds. The van der Waals surface area contributed by atoms with E-state index in [0.717, 1.165) is 50.7 Å². The number of amides is 1. The van der Waals surface area contributed by atoms with Crippen LogP contribution in [-0.2, 0) is 4.79 Å². The summed E-state index contributed by atoms with van der Waals surface area (Å²) in [7, 11) is 0. The quantitative estimate of drug-likeness (QED) is 0.823. The smallest absolute Gasteiger partial charge is 0.273 e. The topological polar surface area (TPSA) is 72.2 Å². The van der Waals surface area contributed by atoms with Crippen molar-refractivity contribution in [1.29, 1.82) is 0 Å². The van der Waals surface area contributed by atoms with Crippen LogP contribution < -0.4 is 5.32 Å². The van der Waals surface area contributed by atoms with Gasteiger partial charge in [0.2, 0.25) is 0 Å². The number of carbonyl (C=O) groups excluding carboxylic acids is 2. The van der Waals surface area contributed by atoms with E-state index in [0.29, 0.717) is 29.7 Å². The minimum Gasteiger partial charge on any atom is -0.360 e. The van der Waals surface area contributed by atoms with Crippen LogP contribution >= 0.6 is 0 Å². The van der Waals surface area contributed by atoms with Crippen molar-refractivity contribution in [3.8, 4) is 0 Å². The second kappa shape index (κ2) is 7.49. The number of hydrogen-bond donors (Lipinski definition) is 1. The molecule has 2 aliphatic carbocycles. The summed E-state index contributed by atoms with van der Waals surface area (Å²) in [6.07, 6.45) is 7.80. The van der Waals surface area contributed by atoms with E-state index in [4.69, 9.17) is 4.52 Å². The largest absolute Gasteiger partial charge is 0.360 e. The Morgan fingerprint density at radius 3 is 2.58 bits per heavy atom. The van der Waals surface area contributed by atoms with Crippen LogP contribution in [0, 0.1) is 11.8 Å². The van der Waals surface area contributed by atoms with Gasteiger partial charge in [-0.15, -0.1) is 0 Å². The van der Waals surface area contributed by atoms with Gasteiger partial charge in [0.25, 0.3) is 5.91 Å². The summed E-state index contributed by atoms with van der Waals surface area (Å²) in [5.74, 6) is 2.22. The van der Waals surface area contributed by atoms with E-state index < -0.39 is 0 Å². The first-order valence-corrected chi connectivity index (χ1v) is 9.37. The number of Topliss-reactive ketones (excluding diaryl/α,β-unsaturated/α-hetero) is 1. The molecule has 5 nitrogen and oxygen atoms in total. The molecule has 1 aromatic heterocycles. The van der Waals surface area contributed by atoms with E-state index in [1.54, 1.807) is 6.07 Å². The predicted molar refractivity (Wildman–Crippen MR) is 90.8 cm³/mol. The minimum atomic E-state index is -0.134. The zero-order valence-electron chi connectivity index (χ0n) is 14.7. The van der Waals surface area contributed by atoms with Gasteiger partial charge < -0.3 is 9.84 Å². The van der Waals surface area contributed by atoms with Gasteiger partial charge in [0.15, 0.2) is 5.69 Å². The Morgan fingerprint density at radius 1 is 1.25 bits per heavy atom. The lowest BCUT2D eigenvalue weighted by atomic mass is 9.81. The maximum atomic E-state index is 12.3. The Labute approximate surface area is 143 Å². The molecule has 3 rings (SSSR count). The standard InChI is InChI=1S/C19H28N2O3/c1-3-12(2)17(22)10-13-4-8-15(9-5-13)20-19(23)16-11-18(24-21-16)14-6-7-14/h11-15H,3-10H2,1-2H3,(H,20,23). The van der Waals surface area contributed by atoms with E-state index in [2.05, 4.69) is 17.4 Å². The fourth-order valence-electron chi connectivity index (χ4n) is 3.44. The van der Waals surface area contributed by atoms with E-state index in [9.17, 15) is 9.59 Å². The van der Waals surface area contributed by atoms with E-state index in [-0.39, 0.29) is 17.9 Å². The maximum Gasteiger partial charge on any atom is 0.273 e. The molecule has 24 heavy (non-hydrogen) atoms. The van der Waals surface area contributed by atoms with Crippen LogP contribution in [-0.4, -0.2) is 22.9 Å². The first-order valence-electron chi connectivity index (χ1n) is 9.37. The summed E-state index contributed by atoms with van der Waals surface area (Å²) < 4.78 is 5.24. The average Bonchev–Trinajstić information content (AvgIpc) is 3.32. The van der Waals surface area contributed by atoms with Gasteiger partial charge in [0, 0.05) is 30.4 Å². The lowest BCUT2D eigenvalue weighted by molar-refractivity contribution is -0.123. The van der Waals surface area contributed by atoms with Crippen LogP contribution in [0.25, 0.3) is 0 Å². The summed E-state index contributed by atoms with van der Waals surface area (Å²) in [4.78, 5) is 24.3. The molecule has 0 saturated heterocycles. The lowest BCUT2D eigenvalue weighted by Crippen LogP contribution is -2.38. The average molecular weight is 332 g/mol. The van der Waals surface area contributed by atoms with Crippen molar-refractivity contribution in [3.63, 3.8) is 0 Å². The van der Waals surface area contributed by atoms with Gasteiger partial charge in [-0.1, -0.05) is 19.0 Å². The van der Waals surface area contributed by atoms with E-state index in [1.807, 2.05) is 6.92 Å². The minimum absolute atomic E-state index is 0.134. The molecule has 0 radical (unpaired) electrons. The molecule has 1 heterocycles. The monoisotopic (exact) mass is 332 g/mol. The van der Waals surface area contributed by atoms with Crippen LogP contribution in [0.3, 0.4) is 0 Å². The molecule has 2 aliphatic rings. The molecule has 1 atom stereocenters. The third kappa shape index (κ3) is 4.25. The summed E-state index contributed by atoms with van der Waals surface area (Å²) in [5, 5.41) is 6.96. The fourth-order valence-corrected chi connectivity index (χ4v) is 3.44. The summed E-state index contributed by atoms with van der Waals surface area (Å²) >= 11 is 0. The highest BCUT2D eigenvalue weighted by Gasteiger charge is 2.30. The van der Waals surface area contributed by atoms with Crippen LogP contribution in [0.15, 0.2) is 10.6 Å². The van der Waals surface area contributed by atoms with Crippen molar-refractivity contribution in [3.05, 3.63) is 17.5 Å². The van der Waals surface area contributed by atoms with E-state index >= 15 is 0 Å². The number of nitrogens with zero attached hydrogens (tertiary/aromatic N) is 1. The molecule has 0 bridgehead atoms. The number of carbonyl (C=O) groups is 2. The molecule has 1 N–H and O–H groups in total. The normalized spacial score (nSPS) is 25.2. The summed E-state index contributed by atoms with van der Waals surface area (Å²) in [6.45, 7) is 4.08. The second-order valence-electron chi connectivity index (χ2n) is 7.56. The molecule has 5 heteroatoms. The zero-order valence-corrected chi connectivity index (χ0v) is 14.7. The Morgan fingerprint density at radius 2 is 1.96 bits per heavy atom. The van der Waals surface area contributed by atoms with Crippen LogP contribution in [0.2, 0.25) is 0 Å². The molecule has 0 aromatic carbocycles. The number of nitrogens with one attached hydrogen (secondary N) is 1. The molecular weight excluding hydrogens is 304 g/mol. The first-order chi connectivity index (χ1) is 11.6. The van der Waals surface area contributed by atoms with Gasteiger partial charge in [0.1, 0.15) is 11.5 Å². The molecule has 1 aromatic rings. The third-order valence-electron chi connectivity index (χ3n) is 5.57. The van der Waals surface area contributed by atoms with Crippen molar-refractivity contribution in [2.75, 3.05) is 0 Å². The highest BCUT2D eigenvalue weighted by molar-refractivity contribution is 5.92. The Hall–Kier alpha value is -1.65. The van der Waals surface area contributed by atoms with Crippen LogP contribution in [0.5, 0.6) is 0 Å². The van der Waals surface area contributed by atoms with Crippen molar-refractivity contribution >= 4 is 11.7 Å². The van der Waals surface area contributed by atoms with Crippen molar-refractivity contribution in [1.82, 2.24) is 10.5 Å². The molecule has 132 valence electrons. The number of ketones is 1. The van der Waals surface area contributed by atoms with Gasteiger partial charge in [0.05, 0.1) is 0 Å². The number of aromatic nitrogens is 1. The number of hydrogen-bond acceptors (Lipinski definition) is 4. The van der Waals surface area contributed by atoms with Crippen LogP contribution in [0.4, 0.5) is 0 Å². The zero-order chi connectivity index (χ0) is 17.1. The van der Waals surface area contributed by atoms with Gasteiger partial charge in [-0.3, -0.25) is 9.59 Å². The molecular formula is C19H28N2O3. The van der Waals surface area contributed by atoms with Gasteiger partial charge in [-0.2, -0.15) is 0 Å². The van der Waals surface area contributed by atoms with Gasteiger partial charge >= 0.3 is 0 Å². The Bertz CT molecular complexity index is 583. The fraction of sp³-hybridized carbons (Fsp3) is 0.737. The van der Waals surface area contributed by atoms with Crippen molar-refractivity contribution < 1.29 is 14.1 Å². The molecule has 0 spiro atoms. The molecule has 1 unspecified atom stereocenters. The lowest BCUT2D eigenvalue weighted by Gasteiger charge is -2.29. The van der Waals surface area contributed by atoms with Crippen molar-refractivity contribution in [2.45, 2.75) is 77.2 Å². The highest BCUT2D eigenvalue weighted by atomic mass is 16.5. The highest BCUT2D eigenvalue weighted by Crippen LogP contribution is 2.40. The Kier molecular flexibility index (Phi) is 5.36. The summed E-state index contributed by atoms with van der Waals surface area (Å²) in [5.41, 5.74) is 0.394. The first kappa shape index (κ1) is 17.2. The summed E-state index contributed by atoms with van der Waals surface area (Å²) in [6, 6.07) is 1.97. The molecule has 2 fully saturated rings.